The minimum absolute atomic E-state index is 0.196. The van der Waals surface area contributed by atoms with Crippen LogP contribution in [0.3, 0.4) is 0 Å². The van der Waals surface area contributed by atoms with Crippen LogP contribution in [0.2, 0.25) is 0 Å². The van der Waals surface area contributed by atoms with Gasteiger partial charge in [0.05, 0.1) is 0 Å². The van der Waals surface area contributed by atoms with E-state index in [1.807, 2.05) is 6.07 Å². The van der Waals surface area contributed by atoms with Gasteiger partial charge >= 0.3 is 0 Å². The number of benzene rings is 1. The molecule has 1 aromatic carbocycles. The molecule has 0 aliphatic carbocycles. The maximum Gasteiger partial charge on any atom is 0.127 e. The van der Waals surface area contributed by atoms with Gasteiger partial charge in [0.15, 0.2) is 0 Å². The summed E-state index contributed by atoms with van der Waals surface area (Å²) in [5, 5.41) is 0. The molecule has 2 N–H and O–H groups in total. The molecule has 0 amide bonds. The van der Waals surface area contributed by atoms with Crippen LogP contribution in [-0.2, 0) is 6.42 Å². The maximum atomic E-state index is 13.1. The third-order valence-corrected chi connectivity index (χ3v) is 1.73. The van der Waals surface area contributed by atoms with Crippen LogP contribution in [0.25, 0.3) is 6.08 Å². The van der Waals surface area contributed by atoms with E-state index in [1.165, 1.54) is 6.07 Å². The van der Waals surface area contributed by atoms with Gasteiger partial charge in [-0.2, -0.15) is 0 Å². The zero-order valence-corrected chi connectivity index (χ0v) is 6.89. The largest absolute Gasteiger partial charge is 0.330 e. The van der Waals surface area contributed by atoms with Gasteiger partial charge in [0.25, 0.3) is 0 Å². The molecule has 0 radical (unpaired) electrons. The van der Waals surface area contributed by atoms with Crippen LogP contribution >= 0.6 is 0 Å². The van der Waals surface area contributed by atoms with Crippen molar-refractivity contribution in [1.82, 2.24) is 0 Å². The molecule has 0 saturated carbocycles. The highest BCUT2D eigenvalue weighted by Crippen LogP contribution is 2.11. The van der Waals surface area contributed by atoms with Gasteiger partial charge in [-0.25, -0.2) is 4.39 Å². The van der Waals surface area contributed by atoms with E-state index >= 15 is 0 Å². The SMILES string of the molecule is C=Cc1ccc(CCN)c(F)c1. The van der Waals surface area contributed by atoms with E-state index in [-0.39, 0.29) is 5.82 Å². The first-order valence-electron chi connectivity index (χ1n) is 3.89. The van der Waals surface area contributed by atoms with E-state index in [1.54, 1.807) is 12.1 Å². The highest BCUT2D eigenvalue weighted by Gasteiger charge is 2.00. The zero-order chi connectivity index (χ0) is 8.97. The molecule has 0 aromatic heterocycles. The van der Waals surface area contributed by atoms with Crippen molar-refractivity contribution in [3.8, 4) is 0 Å². The highest BCUT2D eigenvalue weighted by molar-refractivity contribution is 5.47. The standard InChI is InChI=1S/C10H12FN/c1-2-8-3-4-9(5-6-12)10(11)7-8/h2-4,7H,1,5-6,12H2. The predicted molar refractivity (Wildman–Crippen MR) is 49.2 cm³/mol. The molecule has 0 saturated heterocycles. The molecule has 1 rings (SSSR count). The third-order valence-electron chi connectivity index (χ3n) is 1.73. The summed E-state index contributed by atoms with van der Waals surface area (Å²) in [4.78, 5) is 0. The summed E-state index contributed by atoms with van der Waals surface area (Å²) in [6.45, 7) is 4.03. The molecule has 64 valence electrons. The fourth-order valence-corrected chi connectivity index (χ4v) is 1.05. The molecule has 0 atom stereocenters. The van der Waals surface area contributed by atoms with E-state index in [0.717, 1.165) is 5.56 Å². The van der Waals surface area contributed by atoms with Gasteiger partial charge in [-0.1, -0.05) is 24.8 Å². The monoisotopic (exact) mass is 165 g/mol. The summed E-state index contributed by atoms with van der Waals surface area (Å²) in [6, 6.07) is 5.05. The summed E-state index contributed by atoms with van der Waals surface area (Å²) in [5.41, 5.74) is 6.78. The Hall–Kier alpha value is -1.15. The lowest BCUT2D eigenvalue weighted by atomic mass is 10.1. The molecule has 0 fully saturated rings. The Morgan fingerprint density at radius 3 is 2.75 bits per heavy atom. The first kappa shape index (κ1) is 8.94. The molecule has 1 aromatic rings. The Morgan fingerprint density at radius 2 is 2.25 bits per heavy atom. The van der Waals surface area contributed by atoms with Gasteiger partial charge in [0.2, 0.25) is 0 Å². The van der Waals surface area contributed by atoms with Gasteiger partial charge in [0, 0.05) is 0 Å². The Bertz CT molecular complexity index is 281. The smallest absolute Gasteiger partial charge is 0.127 e. The molecule has 0 unspecified atom stereocenters. The number of nitrogens with two attached hydrogens (primary N) is 1. The molecule has 2 heteroatoms. The lowest BCUT2D eigenvalue weighted by Crippen LogP contribution is -2.04. The van der Waals surface area contributed by atoms with E-state index in [9.17, 15) is 4.39 Å². The average Bonchev–Trinajstić information content (AvgIpc) is 2.09. The summed E-state index contributed by atoms with van der Waals surface area (Å²) in [6.07, 6.45) is 2.21. The minimum atomic E-state index is -0.196. The van der Waals surface area contributed by atoms with Crippen molar-refractivity contribution in [3.05, 3.63) is 41.7 Å². The van der Waals surface area contributed by atoms with E-state index in [4.69, 9.17) is 5.73 Å². The fourth-order valence-electron chi connectivity index (χ4n) is 1.05. The number of halogens is 1. The lowest BCUT2D eigenvalue weighted by molar-refractivity contribution is 0.609. The Morgan fingerprint density at radius 1 is 1.50 bits per heavy atom. The van der Waals surface area contributed by atoms with Crippen LogP contribution in [0.1, 0.15) is 11.1 Å². The van der Waals surface area contributed by atoms with Crippen molar-refractivity contribution in [2.45, 2.75) is 6.42 Å². The van der Waals surface area contributed by atoms with Gasteiger partial charge in [-0.3, -0.25) is 0 Å². The lowest BCUT2D eigenvalue weighted by Gasteiger charge is -2.01. The van der Waals surface area contributed by atoms with E-state index < -0.39 is 0 Å². The van der Waals surface area contributed by atoms with Gasteiger partial charge in [-0.15, -0.1) is 0 Å². The second kappa shape index (κ2) is 4.02. The molecule has 0 heterocycles. The van der Waals surface area contributed by atoms with Gasteiger partial charge < -0.3 is 5.73 Å². The average molecular weight is 165 g/mol. The maximum absolute atomic E-state index is 13.1. The number of hydrogen-bond donors (Lipinski definition) is 1. The quantitative estimate of drug-likeness (QED) is 0.728. The first-order chi connectivity index (χ1) is 5.77. The Kier molecular flexibility index (Phi) is 3.00. The molecule has 0 spiro atoms. The molecule has 0 aliphatic heterocycles. The topological polar surface area (TPSA) is 26.0 Å². The number of rotatable bonds is 3. The fraction of sp³-hybridized carbons (Fsp3) is 0.200. The van der Waals surface area contributed by atoms with Crippen molar-refractivity contribution in [2.75, 3.05) is 6.54 Å². The van der Waals surface area contributed by atoms with Gasteiger partial charge in [-0.05, 0) is 30.2 Å². The minimum Gasteiger partial charge on any atom is -0.330 e. The molecule has 12 heavy (non-hydrogen) atoms. The normalized spacial score (nSPS) is 9.83. The van der Waals surface area contributed by atoms with E-state index in [2.05, 4.69) is 6.58 Å². The molecular formula is C10H12FN. The van der Waals surface area contributed by atoms with Crippen LogP contribution in [-0.4, -0.2) is 6.54 Å². The molecule has 0 aliphatic rings. The van der Waals surface area contributed by atoms with Crippen molar-refractivity contribution in [3.63, 3.8) is 0 Å². The van der Waals surface area contributed by atoms with Crippen LogP contribution in [0.15, 0.2) is 24.8 Å². The summed E-state index contributed by atoms with van der Waals surface area (Å²) in [7, 11) is 0. The van der Waals surface area contributed by atoms with Crippen LogP contribution in [0.5, 0.6) is 0 Å². The molecule has 0 bridgehead atoms. The molecular weight excluding hydrogens is 153 g/mol. The third kappa shape index (κ3) is 1.92. The van der Waals surface area contributed by atoms with Crippen LogP contribution < -0.4 is 5.73 Å². The van der Waals surface area contributed by atoms with Crippen LogP contribution in [0.4, 0.5) is 4.39 Å². The molecule has 1 nitrogen and oxygen atoms in total. The predicted octanol–water partition coefficient (Wildman–Crippen LogP) is 1.97. The van der Waals surface area contributed by atoms with Gasteiger partial charge in [0.1, 0.15) is 5.82 Å². The number of hydrogen-bond acceptors (Lipinski definition) is 1. The second-order valence-corrected chi connectivity index (χ2v) is 2.59. The zero-order valence-electron chi connectivity index (χ0n) is 6.89. The van der Waals surface area contributed by atoms with Crippen molar-refractivity contribution in [1.29, 1.82) is 0 Å². The van der Waals surface area contributed by atoms with Crippen molar-refractivity contribution in [2.24, 2.45) is 5.73 Å². The van der Waals surface area contributed by atoms with Crippen molar-refractivity contribution < 1.29 is 4.39 Å². The Labute approximate surface area is 71.7 Å². The highest BCUT2D eigenvalue weighted by atomic mass is 19.1. The first-order valence-corrected chi connectivity index (χ1v) is 3.89. The Balaban J connectivity index is 2.94. The summed E-state index contributed by atoms with van der Waals surface area (Å²) in [5.74, 6) is -0.196. The summed E-state index contributed by atoms with van der Waals surface area (Å²) >= 11 is 0. The van der Waals surface area contributed by atoms with Crippen LogP contribution in [0, 0.1) is 5.82 Å². The summed E-state index contributed by atoms with van der Waals surface area (Å²) < 4.78 is 13.1. The van der Waals surface area contributed by atoms with Crippen molar-refractivity contribution >= 4 is 6.08 Å². The van der Waals surface area contributed by atoms with E-state index in [0.29, 0.717) is 18.5 Å². The second-order valence-electron chi connectivity index (χ2n) is 2.59.